The van der Waals surface area contributed by atoms with E-state index in [0.29, 0.717) is 20.0 Å². The fraction of sp³-hybridized carbons (Fsp3) is 0.333. The minimum Gasteiger partial charge on any atom is -0.358 e. The Hall–Kier alpha value is -1.88. The van der Waals surface area contributed by atoms with E-state index in [9.17, 15) is 9.59 Å². The molecule has 0 spiro atoms. The van der Waals surface area contributed by atoms with E-state index in [4.69, 9.17) is 24.4 Å². The van der Waals surface area contributed by atoms with Gasteiger partial charge < -0.3 is 10.6 Å². The molecule has 148 valence electrons. The van der Waals surface area contributed by atoms with E-state index in [1.807, 2.05) is 22.9 Å². The molecular formula is C18H20N4O2S4. The summed E-state index contributed by atoms with van der Waals surface area (Å²) in [5.74, 6) is -0.432. The van der Waals surface area contributed by atoms with Crippen molar-refractivity contribution in [3.8, 4) is 0 Å². The standard InChI is InChI=1S/C18H20N4O2S4/c23-15(13-7-3-9-27-13)21-17(25)19-11-5-1-2-6-12(11)20-18(26)22-16(24)14-8-4-10-28-14/h3-4,7-12H,1-2,5-6H2,(H2,19,21,23,25)(H2,20,22,24,26)/t11-,12+. The first kappa shape index (κ1) is 20.8. The van der Waals surface area contributed by atoms with Crippen LogP contribution in [0.3, 0.4) is 0 Å². The summed E-state index contributed by atoms with van der Waals surface area (Å²) in [6.45, 7) is 0. The van der Waals surface area contributed by atoms with Gasteiger partial charge in [-0.3, -0.25) is 20.2 Å². The van der Waals surface area contributed by atoms with Gasteiger partial charge in [-0.25, -0.2) is 0 Å². The van der Waals surface area contributed by atoms with Crippen LogP contribution < -0.4 is 21.3 Å². The Morgan fingerprint density at radius 3 is 1.61 bits per heavy atom. The fourth-order valence-electron chi connectivity index (χ4n) is 3.03. The molecule has 6 nitrogen and oxygen atoms in total. The van der Waals surface area contributed by atoms with Crippen molar-refractivity contribution in [3.05, 3.63) is 44.8 Å². The molecule has 10 heteroatoms. The number of thiocarbonyl (C=S) groups is 2. The molecule has 0 unspecified atom stereocenters. The summed E-state index contributed by atoms with van der Waals surface area (Å²) in [5, 5.41) is 16.2. The number of nitrogens with one attached hydrogen (secondary N) is 4. The maximum atomic E-state index is 12.1. The van der Waals surface area contributed by atoms with Gasteiger partial charge in [0, 0.05) is 12.1 Å². The molecule has 1 aliphatic carbocycles. The van der Waals surface area contributed by atoms with Crippen LogP contribution in [0.25, 0.3) is 0 Å². The molecule has 2 aromatic heterocycles. The van der Waals surface area contributed by atoms with Crippen molar-refractivity contribution in [2.45, 2.75) is 37.8 Å². The van der Waals surface area contributed by atoms with Gasteiger partial charge in [0.2, 0.25) is 0 Å². The van der Waals surface area contributed by atoms with Crippen LogP contribution in [0.5, 0.6) is 0 Å². The summed E-state index contributed by atoms with van der Waals surface area (Å²) in [5.41, 5.74) is 0. The van der Waals surface area contributed by atoms with Gasteiger partial charge in [0.1, 0.15) is 0 Å². The summed E-state index contributed by atoms with van der Waals surface area (Å²) < 4.78 is 0. The molecule has 2 amide bonds. The van der Waals surface area contributed by atoms with Crippen molar-refractivity contribution in [3.63, 3.8) is 0 Å². The monoisotopic (exact) mass is 452 g/mol. The third kappa shape index (κ3) is 5.81. The highest BCUT2D eigenvalue weighted by atomic mass is 32.1. The van der Waals surface area contributed by atoms with Crippen LogP contribution in [0.2, 0.25) is 0 Å². The van der Waals surface area contributed by atoms with E-state index >= 15 is 0 Å². The largest absolute Gasteiger partial charge is 0.358 e. The zero-order chi connectivity index (χ0) is 19.9. The van der Waals surface area contributed by atoms with Crippen molar-refractivity contribution >= 4 is 69.1 Å². The van der Waals surface area contributed by atoms with Crippen LogP contribution in [0.4, 0.5) is 0 Å². The molecule has 3 rings (SSSR count). The van der Waals surface area contributed by atoms with Gasteiger partial charge in [-0.2, -0.15) is 0 Å². The molecule has 0 saturated heterocycles. The zero-order valence-electron chi connectivity index (χ0n) is 14.9. The summed E-state index contributed by atoms with van der Waals surface area (Å²) >= 11 is 13.3. The molecule has 2 aromatic rings. The van der Waals surface area contributed by atoms with Crippen molar-refractivity contribution in [1.82, 2.24) is 21.3 Å². The number of carbonyl (C=O) groups is 2. The average Bonchev–Trinajstić information content (AvgIpc) is 3.37. The highest BCUT2D eigenvalue weighted by Crippen LogP contribution is 2.19. The predicted octanol–water partition coefficient (Wildman–Crippen LogP) is 3.03. The maximum Gasteiger partial charge on any atom is 0.267 e. The summed E-state index contributed by atoms with van der Waals surface area (Å²) in [7, 11) is 0. The fourth-order valence-corrected chi connectivity index (χ4v) is 4.76. The van der Waals surface area contributed by atoms with Crippen molar-refractivity contribution in [1.29, 1.82) is 0 Å². The number of thiophene rings is 2. The first-order chi connectivity index (χ1) is 13.5. The van der Waals surface area contributed by atoms with E-state index in [1.165, 1.54) is 22.7 Å². The second-order valence-electron chi connectivity index (χ2n) is 6.31. The highest BCUT2D eigenvalue weighted by molar-refractivity contribution is 7.80. The zero-order valence-corrected chi connectivity index (χ0v) is 18.2. The normalized spacial score (nSPS) is 18.7. The quantitative estimate of drug-likeness (QED) is 0.534. The Morgan fingerprint density at radius 1 is 0.821 bits per heavy atom. The average molecular weight is 453 g/mol. The van der Waals surface area contributed by atoms with Crippen molar-refractivity contribution in [2.24, 2.45) is 0 Å². The Kier molecular flexibility index (Phi) is 7.49. The lowest BCUT2D eigenvalue weighted by Gasteiger charge is -2.34. The predicted molar refractivity (Wildman–Crippen MR) is 121 cm³/mol. The third-order valence-corrected chi connectivity index (χ3v) is 6.52. The van der Waals surface area contributed by atoms with Gasteiger partial charge in [0.15, 0.2) is 10.2 Å². The lowest BCUT2D eigenvalue weighted by molar-refractivity contribution is 0.0970. The number of hydrogen-bond acceptors (Lipinski definition) is 6. The van der Waals surface area contributed by atoms with Crippen LogP contribution >= 0.6 is 47.1 Å². The van der Waals surface area contributed by atoms with Crippen LogP contribution in [0.15, 0.2) is 35.0 Å². The van der Waals surface area contributed by atoms with Gasteiger partial charge in [-0.05, 0) is 60.2 Å². The number of rotatable bonds is 4. The minimum absolute atomic E-state index is 0.0153. The number of amides is 2. The molecule has 1 fully saturated rings. The van der Waals surface area contributed by atoms with E-state index < -0.39 is 0 Å². The lowest BCUT2D eigenvalue weighted by atomic mass is 9.90. The van der Waals surface area contributed by atoms with Gasteiger partial charge in [-0.1, -0.05) is 25.0 Å². The van der Waals surface area contributed by atoms with Crippen LogP contribution in [0, 0.1) is 0 Å². The Balaban J connectivity index is 1.51. The van der Waals surface area contributed by atoms with Gasteiger partial charge in [0.25, 0.3) is 11.8 Å². The smallest absolute Gasteiger partial charge is 0.267 e. The third-order valence-electron chi connectivity index (χ3n) is 4.34. The molecule has 2 atom stereocenters. The lowest BCUT2D eigenvalue weighted by Crippen LogP contribution is -2.57. The second-order valence-corrected chi connectivity index (χ2v) is 9.02. The van der Waals surface area contributed by atoms with Gasteiger partial charge in [0.05, 0.1) is 9.75 Å². The Bertz CT molecular complexity index is 766. The first-order valence-corrected chi connectivity index (χ1v) is 11.4. The maximum absolute atomic E-state index is 12.1. The summed E-state index contributed by atoms with van der Waals surface area (Å²) in [6.07, 6.45) is 3.92. The van der Waals surface area contributed by atoms with Crippen molar-refractivity contribution in [2.75, 3.05) is 0 Å². The van der Waals surface area contributed by atoms with Crippen LogP contribution in [0.1, 0.15) is 45.0 Å². The van der Waals surface area contributed by atoms with Gasteiger partial charge in [-0.15, -0.1) is 22.7 Å². The SMILES string of the molecule is O=C(NC(=S)N[C@H]1CCCC[C@H]1NC(=S)NC(=O)c1cccs1)c1cccs1. The Labute approximate surface area is 182 Å². The molecule has 0 radical (unpaired) electrons. The van der Waals surface area contributed by atoms with Gasteiger partial charge >= 0.3 is 0 Å². The second kappa shape index (κ2) is 10.1. The van der Waals surface area contributed by atoms with E-state index in [-0.39, 0.29) is 23.9 Å². The summed E-state index contributed by atoms with van der Waals surface area (Å²) in [4.78, 5) is 25.5. The molecule has 2 heterocycles. The summed E-state index contributed by atoms with van der Waals surface area (Å²) in [6, 6.07) is 7.18. The molecule has 0 aromatic carbocycles. The molecule has 0 bridgehead atoms. The van der Waals surface area contributed by atoms with Crippen LogP contribution in [-0.4, -0.2) is 34.1 Å². The topological polar surface area (TPSA) is 82.3 Å². The van der Waals surface area contributed by atoms with E-state index in [1.54, 1.807) is 12.1 Å². The number of hydrogen-bond donors (Lipinski definition) is 4. The molecule has 1 saturated carbocycles. The molecular weight excluding hydrogens is 432 g/mol. The van der Waals surface area contributed by atoms with E-state index in [2.05, 4.69) is 21.3 Å². The van der Waals surface area contributed by atoms with E-state index in [0.717, 1.165) is 25.7 Å². The Morgan fingerprint density at radius 2 is 1.25 bits per heavy atom. The highest BCUT2D eigenvalue weighted by Gasteiger charge is 2.27. The molecule has 4 N–H and O–H groups in total. The molecule has 28 heavy (non-hydrogen) atoms. The number of carbonyl (C=O) groups excluding carboxylic acids is 2. The van der Waals surface area contributed by atoms with Crippen LogP contribution in [-0.2, 0) is 0 Å². The molecule has 0 aliphatic heterocycles. The molecule has 1 aliphatic rings. The van der Waals surface area contributed by atoms with Crippen molar-refractivity contribution < 1.29 is 9.59 Å². The minimum atomic E-state index is -0.216. The first-order valence-electron chi connectivity index (χ1n) is 8.83.